The molecule has 3 rings (SSSR count). The van der Waals surface area contributed by atoms with Gasteiger partial charge in [-0.3, -0.25) is 9.59 Å². The number of hydrogen-bond donors (Lipinski definition) is 1. The van der Waals surface area contributed by atoms with E-state index in [1.165, 1.54) is 18.2 Å². The maximum absolute atomic E-state index is 13.4. The van der Waals surface area contributed by atoms with Gasteiger partial charge < -0.3 is 15.2 Å². The Morgan fingerprint density at radius 2 is 1.88 bits per heavy atom. The average Bonchev–Trinajstić information content (AvgIpc) is 2.94. The lowest BCUT2D eigenvalue weighted by Crippen LogP contribution is -2.21. The van der Waals surface area contributed by atoms with Gasteiger partial charge in [-0.05, 0) is 108 Å². The van der Waals surface area contributed by atoms with Crippen molar-refractivity contribution in [2.45, 2.75) is 45.2 Å². The van der Waals surface area contributed by atoms with Gasteiger partial charge in [0.1, 0.15) is 5.75 Å². The highest BCUT2D eigenvalue weighted by Gasteiger charge is 2.32. The summed E-state index contributed by atoms with van der Waals surface area (Å²) in [6.45, 7) is 6.97. The van der Waals surface area contributed by atoms with E-state index in [1.54, 1.807) is 25.1 Å². The zero-order valence-corrected chi connectivity index (χ0v) is 25.3. The third kappa shape index (κ3) is 9.17. The van der Waals surface area contributed by atoms with Crippen LogP contribution in [0.15, 0.2) is 63.9 Å². The normalized spacial score (nSPS) is 12.6. The molecular weight excluding hydrogens is 603 g/mol. The van der Waals surface area contributed by atoms with Gasteiger partial charge >= 0.3 is 6.18 Å². The number of ether oxygens (including phenoxy) is 1. The number of hydrogen-bond acceptors (Lipinski definition) is 6. The van der Waals surface area contributed by atoms with Crippen LogP contribution in [0.4, 0.5) is 18.9 Å². The number of ketones is 1. The third-order valence-corrected chi connectivity index (χ3v) is 7.74. The van der Waals surface area contributed by atoms with Gasteiger partial charge in [0.15, 0.2) is 12.4 Å². The fourth-order valence-electron chi connectivity index (χ4n) is 3.92. The summed E-state index contributed by atoms with van der Waals surface area (Å²) in [5, 5.41) is 26.0. The first-order valence-electron chi connectivity index (χ1n) is 13.0. The van der Waals surface area contributed by atoms with E-state index in [0.717, 1.165) is 16.5 Å². The predicted molar refractivity (Wildman–Crippen MR) is 161 cm³/mol. The second-order valence-corrected chi connectivity index (χ2v) is 12.0. The van der Waals surface area contributed by atoms with Crippen molar-refractivity contribution in [1.82, 2.24) is 0 Å². The number of alkyl halides is 3. The lowest BCUT2D eigenvalue weighted by atomic mass is 9.98. The molecular formula is C31H28ClF3N3O4S-. The van der Waals surface area contributed by atoms with Crippen molar-refractivity contribution >= 4 is 50.9 Å². The lowest BCUT2D eigenvalue weighted by molar-refractivity contribution is -0.218. The standard InChI is InChI=1S/C31H29ClF3N3O4S/c1-5-43(38-28(39)10-18(2)3)24-7-8-26(19(4)11-24)37-29(40)17-42-27-9-6-23(32)15-25(27)30(41)21-12-20(16-36)13-22(14-21)31(33,34)35/h5-9,11-15,18H,10,17H2,1-4H3,(H,37,40)(H,38,39)/p-1. The molecule has 1 unspecified atom stereocenters. The average molecular weight is 631 g/mol. The summed E-state index contributed by atoms with van der Waals surface area (Å²) in [5.74, 6) is -1.50. The first-order valence-corrected chi connectivity index (χ1v) is 14.6. The Morgan fingerprint density at radius 3 is 2.49 bits per heavy atom. The molecule has 0 aliphatic heterocycles. The van der Waals surface area contributed by atoms with Crippen molar-refractivity contribution in [2.24, 2.45) is 10.3 Å². The summed E-state index contributed by atoms with van der Waals surface area (Å²) in [5.41, 5.74) is -0.854. The number of nitriles is 1. The molecule has 1 atom stereocenters. The van der Waals surface area contributed by atoms with Crippen molar-refractivity contribution < 1.29 is 32.6 Å². The minimum Gasteiger partial charge on any atom is -0.861 e. The number of nitrogens with zero attached hydrogens (tertiary/aromatic N) is 2. The maximum atomic E-state index is 13.4. The molecule has 0 spiro atoms. The number of rotatable bonds is 10. The number of carbonyl (C=O) groups excluding carboxylic acids is 2. The number of amides is 1. The molecule has 12 heteroatoms. The number of halogens is 4. The highest BCUT2D eigenvalue weighted by Crippen LogP contribution is 2.33. The molecule has 0 heterocycles. The first-order chi connectivity index (χ1) is 20.2. The monoisotopic (exact) mass is 630 g/mol. The van der Waals surface area contributed by atoms with Gasteiger partial charge in [-0.2, -0.15) is 18.4 Å². The largest absolute Gasteiger partial charge is 0.861 e. The van der Waals surface area contributed by atoms with E-state index < -0.39 is 40.7 Å². The fourth-order valence-corrected chi connectivity index (χ4v) is 5.38. The van der Waals surface area contributed by atoms with Crippen LogP contribution in [-0.2, 0) is 11.0 Å². The SMILES string of the molecule is C/C=S(/N=C([O-])CC(C)C)c1ccc(NC(=O)COc2ccc(Cl)cc2C(=O)c2cc(C#N)cc(C(F)(F)F)c2)c(C)c1. The van der Waals surface area contributed by atoms with Gasteiger partial charge in [0.05, 0.1) is 22.8 Å². The zero-order chi connectivity index (χ0) is 31.9. The van der Waals surface area contributed by atoms with Crippen LogP contribution in [0.3, 0.4) is 0 Å². The number of aryl methyl sites for hydroxylation is 1. The fraction of sp³-hybridized carbons (Fsp3) is 0.258. The van der Waals surface area contributed by atoms with E-state index in [9.17, 15) is 27.9 Å². The summed E-state index contributed by atoms with van der Waals surface area (Å²) in [6.07, 6.45) is -4.42. The minimum atomic E-state index is -4.78. The topological polar surface area (TPSA) is 115 Å². The zero-order valence-electron chi connectivity index (χ0n) is 23.7. The van der Waals surface area contributed by atoms with Crippen molar-refractivity contribution in [3.63, 3.8) is 0 Å². The van der Waals surface area contributed by atoms with E-state index >= 15 is 0 Å². The Morgan fingerprint density at radius 1 is 1.16 bits per heavy atom. The van der Waals surface area contributed by atoms with Gasteiger partial charge in [-0.25, -0.2) is 4.40 Å². The summed E-state index contributed by atoms with van der Waals surface area (Å²) in [6, 6.07) is 13.2. The molecule has 43 heavy (non-hydrogen) atoms. The molecule has 226 valence electrons. The van der Waals surface area contributed by atoms with Crippen LogP contribution in [0.25, 0.3) is 0 Å². The van der Waals surface area contributed by atoms with Crippen molar-refractivity contribution in [3.8, 4) is 11.8 Å². The molecule has 0 saturated heterocycles. The molecule has 1 amide bonds. The number of nitrogens with one attached hydrogen (secondary N) is 1. The minimum absolute atomic E-state index is 0.0808. The Bertz CT molecular complexity index is 1650. The highest BCUT2D eigenvalue weighted by atomic mass is 35.5. The molecule has 0 radical (unpaired) electrons. The Labute approximate surface area is 255 Å². The highest BCUT2D eigenvalue weighted by molar-refractivity contribution is 8.14. The third-order valence-electron chi connectivity index (χ3n) is 5.92. The Kier molecular flexibility index (Phi) is 11.1. The molecule has 0 aliphatic carbocycles. The summed E-state index contributed by atoms with van der Waals surface area (Å²) in [7, 11) is -0.745. The summed E-state index contributed by atoms with van der Waals surface area (Å²) in [4.78, 5) is 26.8. The smallest absolute Gasteiger partial charge is 0.416 e. The van der Waals surface area contributed by atoms with Crippen LogP contribution in [0.2, 0.25) is 5.02 Å². The second kappa shape index (κ2) is 14.4. The van der Waals surface area contributed by atoms with Crippen molar-refractivity contribution in [1.29, 1.82) is 5.26 Å². The lowest BCUT2D eigenvalue weighted by Gasteiger charge is -2.16. The van der Waals surface area contributed by atoms with E-state index in [-0.39, 0.29) is 39.3 Å². The molecule has 0 aromatic heterocycles. The molecule has 7 nitrogen and oxygen atoms in total. The summed E-state index contributed by atoms with van der Waals surface area (Å²) < 4.78 is 49.9. The van der Waals surface area contributed by atoms with Gasteiger partial charge in [-0.15, -0.1) is 0 Å². The molecule has 0 saturated carbocycles. The van der Waals surface area contributed by atoms with E-state index in [4.69, 9.17) is 21.6 Å². The van der Waals surface area contributed by atoms with Gasteiger partial charge in [0.25, 0.3) is 5.91 Å². The quantitative estimate of drug-likeness (QED) is 0.113. The van der Waals surface area contributed by atoms with E-state index in [2.05, 4.69) is 9.71 Å². The van der Waals surface area contributed by atoms with Crippen molar-refractivity contribution in [3.05, 3.63) is 87.4 Å². The number of carbonyl (C=O) groups is 2. The molecule has 3 aromatic carbocycles. The van der Waals surface area contributed by atoms with Crippen LogP contribution in [0, 0.1) is 24.2 Å². The van der Waals surface area contributed by atoms with Crippen LogP contribution in [-0.4, -0.2) is 29.6 Å². The first kappa shape index (κ1) is 33.4. The van der Waals surface area contributed by atoms with Gasteiger partial charge in [0.2, 0.25) is 0 Å². The summed E-state index contributed by atoms with van der Waals surface area (Å²) >= 11 is 6.05. The van der Waals surface area contributed by atoms with E-state index in [0.29, 0.717) is 24.2 Å². The molecule has 0 fully saturated rings. The maximum Gasteiger partial charge on any atom is 0.416 e. The molecule has 0 bridgehead atoms. The Hall–Kier alpha value is -4.14. The van der Waals surface area contributed by atoms with Crippen LogP contribution < -0.4 is 15.2 Å². The van der Waals surface area contributed by atoms with Crippen molar-refractivity contribution in [2.75, 3.05) is 11.9 Å². The predicted octanol–water partition coefficient (Wildman–Crippen LogP) is 6.96. The second-order valence-electron chi connectivity index (χ2n) is 9.83. The molecule has 1 N–H and O–H groups in total. The van der Waals surface area contributed by atoms with Gasteiger partial charge in [-0.1, -0.05) is 25.4 Å². The van der Waals surface area contributed by atoms with Crippen LogP contribution >= 0.6 is 22.3 Å². The van der Waals surface area contributed by atoms with Crippen LogP contribution in [0.5, 0.6) is 5.75 Å². The van der Waals surface area contributed by atoms with Gasteiger partial charge in [0, 0.05) is 21.2 Å². The van der Waals surface area contributed by atoms with E-state index in [1.807, 2.05) is 32.2 Å². The molecule has 3 aromatic rings. The number of anilines is 1. The molecule has 0 aliphatic rings. The Balaban J connectivity index is 1.78. The van der Waals surface area contributed by atoms with Crippen LogP contribution in [0.1, 0.15) is 59.8 Å². The number of benzene rings is 3.